The third-order valence-electron chi connectivity index (χ3n) is 3.65. The summed E-state index contributed by atoms with van der Waals surface area (Å²) in [5.74, 6) is -0.538. The second-order valence-corrected chi connectivity index (χ2v) is 5.08. The minimum atomic E-state index is -4.52. The van der Waals surface area contributed by atoms with E-state index < -0.39 is 17.6 Å². The van der Waals surface area contributed by atoms with E-state index in [1.807, 2.05) is 6.92 Å². The highest BCUT2D eigenvalue weighted by Gasteiger charge is 2.31. The van der Waals surface area contributed by atoms with Crippen LogP contribution in [0.15, 0.2) is 18.2 Å². The molecule has 0 radical (unpaired) electrons. The predicted molar refractivity (Wildman–Crippen MR) is 68.0 cm³/mol. The Balaban J connectivity index is 2.05. The molecule has 6 heteroatoms. The molecule has 0 spiro atoms. The highest BCUT2D eigenvalue weighted by Crippen LogP contribution is 2.32. The Morgan fingerprint density at radius 3 is 2.45 bits per heavy atom. The van der Waals surface area contributed by atoms with Gasteiger partial charge in [0, 0.05) is 19.3 Å². The van der Waals surface area contributed by atoms with Crippen LogP contribution in [0.1, 0.15) is 25.3 Å². The van der Waals surface area contributed by atoms with E-state index in [1.54, 1.807) is 0 Å². The summed E-state index contributed by atoms with van der Waals surface area (Å²) in [5, 5.41) is 2.96. The van der Waals surface area contributed by atoms with Crippen molar-refractivity contribution in [2.75, 3.05) is 18.5 Å². The van der Waals surface area contributed by atoms with Gasteiger partial charge in [-0.1, -0.05) is 0 Å². The fourth-order valence-corrected chi connectivity index (χ4v) is 2.39. The average Bonchev–Trinajstić information content (AvgIpc) is 2.41. The maximum atomic E-state index is 13.7. The van der Waals surface area contributed by atoms with Gasteiger partial charge in [-0.15, -0.1) is 0 Å². The Morgan fingerprint density at radius 1 is 1.25 bits per heavy atom. The first kappa shape index (κ1) is 15.1. The van der Waals surface area contributed by atoms with E-state index in [0.717, 1.165) is 25.0 Å². The number of anilines is 1. The minimum Gasteiger partial charge on any atom is -0.381 e. The van der Waals surface area contributed by atoms with E-state index in [2.05, 4.69) is 5.32 Å². The molecule has 1 saturated heterocycles. The van der Waals surface area contributed by atoms with Gasteiger partial charge in [0.25, 0.3) is 0 Å². The lowest BCUT2D eigenvalue weighted by molar-refractivity contribution is -0.137. The van der Waals surface area contributed by atoms with Gasteiger partial charge in [0.1, 0.15) is 5.82 Å². The zero-order chi connectivity index (χ0) is 14.8. The van der Waals surface area contributed by atoms with Crippen LogP contribution in [0.4, 0.5) is 23.2 Å². The number of alkyl halides is 3. The third-order valence-corrected chi connectivity index (χ3v) is 3.65. The summed E-state index contributed by atoms with van der Waals surface area (Å²) in [4.78, 5) is 0. The maximum Gasteiger partial charge on any atom is 0.416 e. The Morgan fingerprint density at radius 2 is 1.90 bits per heavy atom. The zero-order valence-corrected chi connectivity index (χ0v) is 11.1. The molecule has 0 amide bonds. The number of hydrogen-bond acceptors (Lipinski definition) is 2. The molecule has 112 valence electrons. The lowest BCUT2D eigenvalue weighted by Gasteiger charge is -2.29. The first-order valence-corrected chi connectivity index (χ1v) is 6.59. The number of halogens is 4. The molecule has 1 aliphatic heterocycles. The zero-order valence-electron chi connectivity index (χ0n) is 11.1. The van der Waals surface area contributed by atoms with Crippen molar-refractivity contribution in [1.29, 1.82) is 0 Å². The van der Waals surface area contributed by atoms with E-state index in [-0.39, 0.29) is 11.7 Å². The largest absolute Gasteiger partial charge is 0.416 e. The molecular formula is C14H17F4NO. The first-order valence-electron chi connectivity index (χ1n) is 6.59. The van der Waals surface area contributed by atoms with Crippen molar-refractivity contribution in [3.63, 3.8) is 0 Å². The van der Waals surface area contributed by atoms with Gasteiger partial charge in [-0.3, -0.25) is 0 Å². The lowest BCUT2D eigenvalue weighted by atomic mass is 9.93. The van der Waals surface area contributed by atoms with Crippen LogP contribution in [0.25, 0.3) is 0 Å². The fraction of sp³-hybridized carbons (Fsp3) is 0.571. The van der Waals surface area contributed by atoms with Gasteiger partial charge in [0.15, 0.2) is 0 Å². The Labute approximate surface area is 115 Å². The molecule has 2 rings (SSSR count). The molecule has 1 unspecified atom stereocenters. The van der Waals surface area contributed by atoms with Crippen molar-refractivity contribution in [2.24, 2.45) is 5.92 Å². The highest BCUT2D eigenvalue weighted by molar-refractivity contribution is 5.47. The molecule has 0 aliphatic carbocycles. The summed E-state index contributed by atoms with van der Waals surface area (Å²) in [6, 6.07) is 2.56. The molecule has 0 bridgehead atoms. The molecule has 1 fully saturated rings. The van der Waals surface area contributed by atoms with Crippen LogP contribution < -0.4 is 5.32 Å². The second kappa shape index (κ2) is 5.99. The molecule has 1 aromatic rings. The van der Waals surface area contributed by atoms with E-state index in [0.29, 0.717) is 25.2 Å². The highest BCUT2D eigenvalue weighted by atomic mass is 19.4. The van der Waals surface area contributed by atoms with E-state index >= 15 is 0 Å². The van der Waals surface area contributed by atoms with Crippen molar-refractivity contribution < 1.29 is 22.3 Å². The Bertz CT molecular complexity index is 455. The van der Waals surface area contributed by atoms with Crippen LogP contribution in [-0.4, -0.2) is 19.3 Å². The normalized spacial score (nSPS) is 18.9. The van der Waals surface area contributed by atoms with Crippen LogP contribution in [0.5, 0.6) is 0 Å². The quantitative estimate of drug-likeness (QED) is 0.848. The maximum absolute atomic E-state index is 13.7. The fourth-order valence-electron chi connectivity index (χ4n) is 2.39. The van der Waals surface area contributed by atoms with Crippen LogP contribution in [0.2, 0.25) is 0 Å². The van der Waals surface area contributed by atoms with E-state index in [4.69, 9.17) is 4.74 Å². The third kappa shape index (κ3) is 3.62. The van der Waals surface area contributed by atoms with E-state index in [9.17, 15) is 17.6 Å². The molecule has 20 heavy (non-hydrogen) atoms. The molecule has 0 aromatic heterocycles. The average molecular weight is 291 g/mol. The van der Waals surface area contributed by atoms with Crippen molar-refractivity contribution in [2.45, 2.75) is 32.0 Å². The molecule has 1 aliphatic rings. The van der Waals surface area contributed by atoms with Gasteiger partial charge in [0.05, 0.1) is 11.3 Å². The number of hydrogen-bond donors (Lipinski definition) is 1. The van der Waals surface area contributed by atoms with Crippen LogP contribution >= 0.6 is 0 Å². The summed E-state index contributed by atoms with van der Waals surface area (Å²) in [6.07, 6.45) is -2.78. The Kier molecular flexibility index (Phi) is 4.52. The second-order valence-electron chi connectivity index (χ2n) is 5.08. The van der Waals surface area contributed by atoms with Gasteiger partial charge < -0.3 is 10.1 Å². The minimum absolute atomic E-state index is 0.00913. The first-order chi connectivity index (χ1) is 9.38. The van der Waals surface area contributed by atoms with Gasteiger partial charge in [0.2, 0.25) is 0 Å². The number of nitrogens with one attached hydrogen (secondary N) is 1. The van der Waals surface area contributed by atoms with Gasteiger partial charge >= 0.3 is 6.18 Å². The SMILES string of the molecule is CC(Nc1ccc(C(F)(F)F)cc1F)C1CCOCC1. The molecule has 1 aromatic carbocycles. The molecule has 1 heterocycles. The van der Waals surface area contributed by atoms with Crippen molar-refractivity contribution in [3.8, 4) is 0 Å². The summed E-state index contributed by atoms with van der Waals surface area (Å²) in [6.45, 7) is 3.26. The summed E-state index contributed by atoms with van der Waals surface area (Å²) in [7, 11) is 0. The standard InChI is InChI=1S/C14H17F4NO/c1-9(10-4-6-20-7-5-10)19-13-3-2-11(8-12(13)15)14(16,17)18/h2-3,8-10,19H,4-7H2,1H3. The molecule has 0 saturated carbocycles. The monoisotopic (exact) mass is 291 g/mol. The topological polar surface area (TPSA) is 21.3 Å². The molecule has 2 nitrogen and oxygen atoms in total. The summed E-state index contributed by atoms with van der Waals surface area (Å²) < 4.78 is 56.3. The van der Waals surface area contributed by atoms with Gasteiger partial charge in [-0.05, 0) is 43.9 Å². The van der Waals surface area contributed by atoms with Crippen molar-refractivity contribution >= 4 is 5.69 Å². The van der Waals surface area contributed by atoms with Crippen LogP contribution in [0.3, 0.4) is 0 Å². The van der Waals surface area contributed by atoms with Crippen LogP contribution in [-0.2, 0) is 10.9 Å². The number of rotatable bonds is 3. The van der Waals surface area contributed by atoms with Crippen molar-refractivity contribution in [3.05, 3.63) is 29.6 Å². The smallest absolute Gasteiger partial charge is 0.381 e. The number of benzene rings is 1. The predicted octanol–water partition coefficient (Wildman–Crippen LogP) is 4.07. The number of ether oxygens (including phenoxy) is 1. The molecule has 1 N–H and O–H groups in total. The van der Waals surface area contributed by atoms with Gasteiger partial charge in [-0.2, -0.15) is 13.2 Å². The van der Waals surface area contributed by atoms with Gasteiger partial charge in [-0.25, -0.2) is 4.39 Å². The van der Waals surface area contributed by atoms with E-state index in [1.165, 1.54) is 0 Å². The van der Waals surface area contributed by atoms with Crippen molar-refractivity contribution in [1.82, 2.24) is 0 Å². The lowest BCUT2D eigenvalue weighted by Crippen LogP contribution is -2.31. The molecular weight excluding hydrogens is 274 g/mol. The van der Waals surface area contributed by atoms with Crippen LogP contribution in [0, 0.1) is 11.7 Å². The summed E-state index contributed by atoms with van der Waals surface area (Å²) >= 11 is 0. The Hall–Kier alpha value is -1.30. The summed E-state index contributed by atoms with van der Waals surface area (Å²) in [5.41, 5.74) is -0.865. The molecule has 1 atom stereocenters.